The van der Waals surface area contributed by atoms with Crippen LogP contribution >= 0.6 is 11.8 Å². The highest BCUT2D eigenvalue weighted by atomic mass is 32.2. The number of hydrogen-bond acceptors (Lipinski definition) is 6. The van der Waals surface area contributed by atoms with Crippen LogP contribution in [-0.2, 0) is 4.79 Å². The molecule has 1 saturated heterocycles. The van der Waals surface area contributed by atoms with E-state index in [1.807, 2.05) is 61.2 Å². The van der Waals surface area contributed by atoms with Gasteiger partial charge in [-0.2, -0.15) is 0 Å². The van der Waals surface area contributed by atoms with Gasteiger partial charge in [-0.25, -0.2) is 9.98 Å². The van der Waals surface area contributed by atoms with E-state index in [-0.39, 0.29) is 11.9 Å². The molecule has 4 rings (SSSR count). The standard InChI is InChI=1S/C25H29N3O3S/c1-4-31-20-14-13-18(15-21(20)30-3)16-22-24(29)28(19-10-6-5-7-11-19)25(32-22)27-23-12-8-9-17(2)26-23/h8-9,12-16,19H,4-7,10-11H2,1-3H3/b22-16-,27-25+. The summed E-state index contributed by atoms with van der Waals surface area (Å²) in [6.07, 6.45) is 7.45. The number of aliphatic imine (C=N–C) groups is 1. The van der Waals surface area contributed by atoms with Crippen LogP contribution in [0.15, 0.2) is 46.3 Å². The second-order valence-electron chi connectivity index (χ2n) is 7.95. The van der Waals surface area contributed by atoms with Crippen LogP contribution < -0.4 is 9.47 Å². The van der Waals surface area contributed by atoms with Crippen molar-refractivity contribution < 1.29 is 14.3 Å². The number of rotatable bonds is 6. The summed E-state index contributed by atoms with van der Waals surface area (Å²) >= 11 is 1.42. The number of thioether (sulfide) groups is 1. The largest absolute Gasteiger partial charge is 0.493 e. The van der Waals surface area contributed by atoms with Gasteiger partial charge in [-0.15, -0.1) is 0 Å². The van der Waals surface area contributed by atoms with Crippen LogP contribution in [0.4, 0.5) is 5.82 Å². The Kier molecular flexibility index (Phi) is 7.15. The normalized spacial score (nSPS) is 19.7. The van der Waals surface area contributed by atoms with E-state index in [1.165, 1.54) is 18.2 Å². The first-order valence-corrected chi connectivity index (χ1v) is 12.0. The van der Waals surface area contributed by atoms with Crippen molar-refractivity contribution >= 4 is 34.7 Å². The third-order valence-electron chi connectivity index (χ3n) is 5.65. The lowest BCUT2D eigenvalue weighted by Gasteiger charge is -2.30. The average molecular weight is 452 g/mol. The lowest BCUT2D eigenvalue weighted by atomic mass is 9.94. The van der Waals surface area contributed by atoms with Gasteiger partial charge >= 0.3 is 0 Å². The van der Waals surface area contributed by atoms with E-state index in [2.05, 4.69) is 4.98 Å². The van der Waals surface area contributed by atoms with Crippen molar-refractivity contribution in [3.8, 4) is 11.5 Å². The summed E-state index contributed by atoms with van der Waals surface area (Å²) in [6.45, 7) is 4.45. The molecule has 0 N–H and O–H groups in total. The van der Waals surface area contributed by atoms with E-state index in [9.17, 15) is 4.79 Å². The minimum Gasteiger partial charge on any atom is -0.493 e. The molecule has 0 radical (unpaired) electrons. The molecule has 168 valence electrons. The summed E-state index contributed by atoms with van der Waals surface area (Å²) in [5.74, 6) is 1.99. The number of ether oxygens (including phenoxy) is 2. The van der Waals surface area contributed by atoms with Gasteiger partial charge in [0, 0.05) is 11.7 Å². The van der Waals surface area contributed by atoms with Crippen molar-refractivity contribution in [1.29, 1.82) is 0 Å². The maximum absolute atomic E-state index is 13.5. The summed E-state index contributed by atoms with van der Waals surface area (Å²) in [7, 11) is 1.62. The van der Waals surface area contributed by atoms with Gasteiger partial charge in [-0.3, -0.25) is 9.69 Å². The Bertz CT molecular complexity index is 1040. The van der Waals surface area contributed by atoms with Crippen LogP contribution in [0, 0.1) is 6.92 Å². The number of hydrogen-bond donors (Lipinski definition) is 0. The van der Waals surface area contributed by atoms with Crippen molar-refractivity contribution in [2.24, 2.45) is 4.99 Å². The van der Waals surface area contributed by atoms with Gasteiger partial charge in [-0.1, -0.05) is 31.4 Å². The molecule has 2 heterocycles. The fraction of sp³-hybridized carbons (Fsp3) is 0.400. The van der Waals surface area contributed by atoms with Gasteiger partial charge in [-0.05, 0) is 74.4 Å². The zero-order valence-electron chi connectivity index (χ0n) is 18.8. The first-order chi connectivity index (χ1) is 15.6. The zero-order chi connectivity index (χ0) is 22.5. The van der Waals surface area contributed by atoms with Gasteiger partial charge in [0.2, 0.25) is 0 Å². The minimum absolute atomic E-state index is 0.0150. The third-order valence-corrected chi connectivity index (χ3v) is 6.63. The number of benzene rings is 1. The summed E-state index contributed by atoms with van der Waals surface area (Å²) in [5, 5.41) is 0.712. The summed E-state index contributed by atoms with van der Waals surface area (Å²) in [4.78, 5) is 25.3. The van der Waals surface area contributed by atoms with Crippen LogP contribution in [0.3, 0.4) is 0 Å². The second kappa shape index (κ2) is 10.2. The van der Waals surface area contributed by atoms with Crippen LogP contribution in [0.5, 0.6) is 11.5 Å². The van der Waals surface area contributed by atoms with Gasteiger partial charge in [0.15, 0.2) is 22.5 Å². The molecule has 2 aromatic rings. The van der Waals surface area contributed by atoms with E-state index in [1.54, 1.807) is 7.11 Å². The number of amides is 1. The molecule has 0 spiro atoms. The maximum atomic E-state index is 13.5. The first kappa shape index (κ1) is 22.4. The van der Waals surface area contributed by atoms with Crippen molar-refractivity contribution in [3.63, 3.8) is 0 Å². The molecule has 1 aromatic carbocycles. The molecule has 0 bridgehead atoms. The fourth-order valence-corrected chi connectivity index (χ4v) is 5.16. The van der Waals surface area contributed by atoms with Crippen molar-refractivity contribution in [1.82, 2.24) is 9.88 Å². The van der Waals surface area contributed by atoms with Crippen LogP contribution in [0.1, 0.15) is 50.3 Å². The molecule has 1 saturated carbocycles. The number of amidine groups is 1. The quantitative estimate of drug-likeness (QED) is 0.525. The Morgan fingerprint density at radius 3 is 2.72 bits per heavy atom. The van der Waals surface area contributed by atoms with E-state index in [0.29, 0.717) is 34.0 Å². The zero-order valence-corrected chi connectivity index (χ0v) is 19.7. The average Bonchev–Trinajstić information content (AvgIpc) is 3.10. The van der Waals surface area contributed by atoms with Crippen LogP contribution in [0.2, 0.25) is 0 Å². The Morgan fingerprint density at radius 1 is 1.19 bits per heavy atom. The van der Waals surface area contributed by atoms with Gasteiger partial charge < -0.3 is 9.47 Å². The smallest absolute Gasteiger partial charge is 0.267 e. The van der Waals surface area contributed by atoms with Gasteiger partial charge in [0.05, 0.1) is 18.6 Å². The highest BCUT2D eigenvalue weighted by Crippen LogP contribution is 2.39. The number of methoxy groups -OCH3 is 1. The summed E-state index contributed by atoms with van der Waals surface area (Å²) in [6, 6.07) is 11.7. The molecule has 2 aliphatic rings. The van der Waals surface area contributed by atoms with Crippen molar-refractivity contribution in [2.45, 2.75) is 52.0 Å². The molecule has 1 aliphatic carbocycles. The SMILES string of the molecule is CCOc1ccc(/C=C2\S/C(=N/c3cccc(C)n3)N(C3CCCCC3)C2=O)cc1OC. The maximum Gasteiger partial charge on any atom is 0.267 e. The van der Waals surface area contributed by atoms with Crippen molar-refractivity contribution in [2.75, 3.05) is 13.7 Å². The molecule has 1 aromatic heterocycles. The minimum atomic E-state index is 0.0150. The van der Waals surface area contributed by atoms with E-state index < -0.39 is 0 Å². The number of carbonyl (C=O) groups is 1. The summed E-state index contributed by atoms with van der Waals surface area (Å²) in [5.41, 5.74) is 1.79. The van der Waals surface area contributed by atoms with Crippen LogP contribution in [-0.4, -0.2) is 40.7 Å². The number of pyridine rings is 1. The van der Waals surface area contributed by atoms with Gasteiger partial charge in [0.25, 0.3) is 5.91 Å². The van der Waals surface area contributed by atoms with Crippen LogP contribution in [0.25, 0.3) is 6.08 Å². The number of aryl methyl sites for hydroxylation is 1. The number of nitrogens with zero attached hydrogens (tertiary/aromatic N) is 3. The topological polar surface area (TPSA) is 64.0 Å². The molecule has 2 fully saturated rings. The number of carbonyl (C=O) groups excluding carboxylic acids is 1. The molecular weight excluding hydrogens is 422 g/mol. The third kappa shape index (κ3) is 4.99. The lowest BCUT2D eigenvalue weighted by molar-refractivity contribution is -0.124. The molecule has 0 atom stereocenters. The Hall–Kier alpha value is -2.80. The molecule has 7 heteroatoms. The Morgan fingerprint density at radius 2 is 2.00 bits per heavy atom. The second-order valence-corrected chi connectivity index (χ2v) is 8.96. The molecule has 1 amide bonds. The lowest BCUT2D eigenvalue weighted by Crippen LogP contribution is -2.40. The number of aromatic nitrogens is 1. The highest BCUT2D eigenvalue weighted by molar-refractivity contribution is 8.18. The Balaban J connectivity index is 1.68. The van der Waals surface area contributed by atoms with E-state index in [4.69, 9.17) is 14.5 Å². The predicted molar refractivity (Wildman–Crippen MR) is 130 cm³/mol. The fourth-order valence-electron chi connectivity index (χ4n) is 4.11. The van der Waals surface area contributed by atoms with Crippen molar-refractivity contribution in [3.05, 3.63) is 52.6 Å². The highest BCUT2D eigenvalue weighted by Gasteiger charge is 2.38. The predicted octanol–water partition coefficient (Wildman–Crippen LogP) is 5.73. The molecule has 1 aliphatic heterocycles. The molecular formula is C25H29N3O3S. The van der Waals surface area contributed by atoms with Gasteiger partial charge in [0.1, 0.15) is 0 Å². The first-order valence-electron chi connectivity index (χ1n) is 11.2. The molecule has 32 heavy (non-hydrogen) atoms. The van der Waals surface area contributed by atoms with E-state index in [0.717, 1.165) is 36.9 Å². The Labute approximate surface area is 193 Å². The molecule has 0 unspecified atom stereocenters. The monoisotopic (exact) mass is 451 g/mol. The molecule has 6 nitrogen and oxygen atoms in total. The summed E-state index contributed by atoms with van der Waals surface area (Å²) < 4.78 is 11.1. The van der Waals surface area contributed by atoms with E-state index >= 15 is 0 Å².